The first kappa shape index (κ1) is 20.6. The number of hydrogen-bond donors (Lipinski definition) is 1. The van der Waals surface area contributed by atoms with Gasteiger partial charge in [0.05, 0.1) is 5.60 Å². The third kappa shape index (κ3) is 4.30. The van der Waals surface area contributed by atoms with Crippen molar-refractivity contribution < 1.29 is 5.11 Å². The summed E-state index contributed by atoms with van der Waals surface area (Å²) in [6.45, 7) is 4.94. The number of benzene rings is 3. The highest BCUT2D eigenvalue weighted by Gasteiger charge is 2.35. The summed E-state index contributed by atoms with van der Waals surface area (Å²) in [6, 6.07) is 27.4. The van der Waals surface area contributed by atoms with E-state index in [-0.39, 0.29) is 12.4 Å². The first-order chi connectivity index (χ1) is 13.2. The molecule has 1 fully saturated rings. The lowest BCUT2D eigenvalue weighted by Crippen LogP contribution is -2.42. The van der Waals surface area contributed by atoms with Crippen molar-refractivity contribution in [2.45, 2.75) is 31.9 Å². The van der Waals surface area contributed by atoms with Crippen LogP contribution in [0.1, 0.15) is 29.5 Å². The molecule has 3 aromatic carbocycles. The molecule has 146 valence electrons. The van der Waals surface area contributed by atoms with Crippen molar-refractivity contribution in [1.29, 1.82) is 0 Å². The molecule has 4 rings (SSSR count). The Bertz CT molecular complexity index is 887. The van der Waals surface area contributed by atoms with Crippen molar-refractivity contribution in [1.82, 2.24) is 4.90 Å². The minimum atomic E-state index is -0.734. The lowest BCUT2D eigenvalue weighted by Gasteiger charge is -2.39. The van der Waals surface area contributed by atoms with Gasteiger partial charge in [0.2, 0.25) is 0 Å². The highest BCUT2D eigenvalue weighted by molar-refractivity contribution is 5.85. The topological polar surface area (TPSA) is 23.5 Å². The van der Waals surface area contributed by atoms with E-state index in [1.54, 1.807) is 0 Å². The smallest absolute Gasteiger partial charge is 0.0923 e. The quantitative estimate of drug-likeness (QED) is 0.626. The molecule has 0 atom stereocenters. The number of halogens is 1. The second kappa shape index (κ2) is 8.91. The van der Waals surface area contributed by atoms with Crippen LogP contribution in [0.5, 0.6) is 0 Å². The molecule has 3 heteroatoms. The number of piperidine rings is 1. The maximum Gasteiger partial charge on any atom is 0.0923 e. The number of hydrogen-bond acceptors (Lipinski definition) is 2. The number of aliphatic hydroxyl groups is 1. The van der Waals surface area contributed by atoms with Crippen LogP contribution in [0.3, 0.4) is 0 Å². The molecular formula is C25H28ClNO. The number of nitrogens with zero attached hydrogens (tertiary/aromatic N) is 1. The van der Waals surface area contributed by atoms with Gasteiger partial charge in [0.15, 0.2) is 0 Å². The van der Waals surface area contributed by atoms with Crippen LogP contribution in [0.15, 0.2) is 78.9 Å². The van der Waals surface area contributed by atoms with Gasteiger partial charge in [-0.2, -0.15) is 0 Å². The Balaban J connectivity index is 0.00000225. The van der Waals surface area contributed by atoms with Crippen LogP contribution in [0, 0.1) is 6.92 Å². The zero-order chi connectivity index (χ0) is 18.7. The van der Waals surface area contributed by atoms with Crippen LogP contribution in [0.2, 0.25) is 0 Å². The summed E-state index contributed by atoms with van der Waals surface area (Å²) in [5, 5.41) is 11.5. The predicted octanol–water partition coefficient (Wildman–Crippen LogP) is 5.57. The predicted molar refractivity (Wildman–Crippen MR) is 119 cm³/mol. The molecule has 0 aromatic heterocycles. The Hall–Kier alpha value is -2.13. The van der Waals surface area contributed by atoms with Gasteiger partial charge in [0.1, 0.15) is 0 Å². The molecule has 1 aliphatic heterocycles. The van der Waals surface area contributed by atoms with E-state index in [1.807, 2.05) is 6.07 Å². The van der Waals surface area contributed by atoms with E-state index in [0.717, 1.165) is 38.0 Å². The van der Waals surface area contributed by atoms with Gasteiger partial charge in [-0.1, -0.05) is 78.9 Å². The largest absolute Gasteiger partial charge is 0.385 e. The molecule has 0 spiro atoms. The Labute approximate surface area is 174 Å². The highest BCUT2D eigenvalue weighted by Crippen LogP contribution is 2.38. The Kier molecular flexibility index (Phi) is 6.56. The molecule has 1 heterocycles. The fourth-order valence-electron chi connectivity index (χ4n) is 4.26. The van der Waals surface area contributed by atoms with Crippen LogP contribution < -0.4 is 0 Å². The van der Waals surface area contributed by atoms with Crippen molar-refractivity contribution in [3.05, 3.63) is 95.6 Å². The van der Waals surface area contributed by atoms with Crippen LogP contribution in [0.4, 0.5) is 0 Å². The summed E-state index contributed by atoms with van der Waals surface area (Å²) < 4.78 is 0. The SMILES string of the molecule is Cc1c(-c2ccccc2)cccc1C1(O)CCN(Cc2ccccc2)CC1.Cl. The summed E-state index contributed by atoms with van der Waals surface area (Å²) in [6.07, 6.45) is 1.55. The highest BCUT2D eigenvalue weighted by atomic mass is 35.5. The first-order valence-corrected chi connectivity index (χ1v) is 9.80. The Morgan fingerprint density at radius 3 is 2.07 bits per heavy atom. The average molecular weight is 394 g/mol. The number of rotatable bonds is 4. The third-order valence-electron chi connectivity index (χ3n) is 5.85. The minimum absolute atomic E-state index is 0. The molecule has 0 radical (unpaired) electrons. The first-order valence-electron chi connectivity index (χ1n) is 9.80. The second-order valence-electron chi connectivity index (χ2n) is 7.64. The maximum absolute atomic E-state index is 11.5. The van der Waals surface area contributed by atoms with Gasteiger partial charge < -0.3 is 5.11 Å². The fourth-order valence-corrected chi connectivity index (χ4v) is 4.26. The van der Waals surface area contributed by atoms with Crippen LogP contribution >= 0.6 is 12.4 Å². The fraction of sp³-hybridized carbons (Fsp3) is 0.280. The molecule has 0 saturated carbocycles. The minimum Gasteiger partial charge on any atom is -0.385 e. The maximum atomic E-state index is 11.5. The summed E-state index contributed by atoms with van der Waals surface area (Å²) in [5.41, 5.74) is 5.31. The molecule has 0 bridgehead atoms. The monoisotopic (exact) mass is 393 g/mol. The lowest BCUT2D eigenvalue weighted by molar-refractivity contribution is -0.0281. The lowest BCUT2D eigenvalue weighted by atomic mass is 9.80. The van der Waals surface area contributed by atoms with E-state index >= 15 is 0 Å². The van der Waals surface area contributed by atoms with E-state index in [0.29, 0.717) is 0 Å². The van der Waals surface area contributed by atoms with Gasteiger partial charge >= 0.3 is 0 Å². The molecule has 2 nitrogen and oxygen atoms in total. The van der Waals surface area contributed by atoms with E-state index in [2.05, 4.69) is 84.6 Å². The molecule has 0 unspecified atom stereocenters. The Morgan fingerprint density at radius 1 is 0.821 bits per heavy atom. The van der Waals surface area contributed by atoms with Gasteiger partial charge in [-0.15, -0.1) is 12.4 Å². The van der Waals surface area contributed by atoms with Gasteiger partial charge in [-0.05, 0) is 47.6 Å². The summed E-state index contributed by atoms with van der Waals surface area (Å²) >= 11 is 0. The number of likely N-dealkylation sites (tertiary alicyclic amines) is 1. The third-order valence-corrected chi connectivity index (χ3v) is 5.85. The molecule has 1 saturated heterocycles. The van der Waals surface area contributed by atoms with Gasteiger partial charge in [0, 0.05) is 19.6 Å². The zero-order valence-corrected chi connectivity index (χ0v) is 17.2. The van der Waals surface area contributed by atoms with Crippen LogP contribution in [-0.2, 0) is 12.1 Å². The van der Waals surface area contributed by atoms with Crippen molar-refractivity contribution in [3.8, 4) is 11.1 Å². The van der Waals surface area contributed by atoms with E-state index in [1.165, 1.54) is 22.3 Å². The van der Waals surface area contributed by atoms with E-state index in [4.69, 9.17) is 0 Å². The summed E-state index contributed by atoms with van der Waals surface area (Å²) in [7, 11) is 0. The standard InChI is InChI=1S/C25H27NO.ClH/c1-20-23(22-11-6-3-7-12-22)13-8-14-24(20)25(27)15-17-26(18-16-25)19-21-9-4-2-5-10-21;/h2-14,27H,15-19H2,1H3;1H. The van der Waals surface area contributed by atoms with Crippen molar-refractivity contribution in [3.63, 3.8) is 0 Å². The molecule has 3 aromatic rings. The molecule has 28 heavy (non-hydrogen) atoms. The van der Waals surface area contributed by atoms with Crippen molar-refractivity contribution >= 4 is 12.4 Å². The Morgan fingerprint density at radius 2 is 1.43 bits per heavy atom. The van der Waals surface area contributed by atoms with Crippen molar-refractivity contribution in [2.24, 2.45) is 0 Å². The van der Waals surface area contributed by atoms with Crippen LogP contribution in [-0.4, -0.2) is 23.1 Å². The normalized spacial score (nSPS) is 16.4. The average Bonchev–Trinajstić information content (AvgIpc) is 2.71. The molecule has 1 aliphatic rings. The van der Waals surface area contributed by atoms with E-state index < -0.39 is 5.60 Å². The summed E-state index contributed by atoms with van der Waals surface area (Å²) in [4.78, 5) is 2.44. The van der Waals surface area contributed by atoms with Gasteiger partial charge in [-0.25, -0.2) is 0 Å². The molecule has 1 N–H and O–H groups in total. The van der Waals surface area contributed by atoms with E-state index in [9.17, 15) is 5.11 Å². The molecule has 0 aliphatic carbocycles. The zero-order valence-electron chi connectivity index (χ0n) is 16.3. The van der Waals surface area contributed by atoms with Gasteiger partial charge in [0.25, 0.3) is 0 Å². The molecular weight excluding hydrogens is 366 g/mol. The molecule has 0 amide bonds. The summed E-state index contributed by atoms with van der Waals surface area (Å²) in [5.74, 6) is 0. The van der Waals surface area contributed by atoms with Crippen molar-refractivity contribution in [2.75, 3.05) is 13.1 Å². The second-order valence-corrected chi connectivity index (χ2v) is 7.64. The van der Waals surface area contributed by atoms with Crippen LogP contribution in [0.25, 0.3) is 11.1 Å². The van der Waals surface area contributed by atoms with Gasteiger partial charge in [-0.3, -0.25) is 4.90 Å².